The molecule has 2 N–H and O–H groups in total. The van der Waals surface area contributed by atoms with Crippen LogP contribution >= 0.6 is 0 Å². The van der Waals surface area contributed by atoms with Crippen molar-refractivity contribution in [3.05, 3.63) is 54.6 Å². The van der Waals surface area contributed by atoms with E-state index in [4.69, 9.17) is 9.47 Å². The molecule has 0 aliphatic heterocycles. The lowest BCUT2D eigenvalue weighted by atomic mass is 9.94. The Kier molecular flexibility index (Phi) is 9.62. The van der Waals surface area contributed by atoms with Gasteiger partial charge in [0.05, 0.1) is 19.1 Å². The van der Waals surface area contributed by atoms with E-state index >= 15 is 0 Å². The van der Waals surface area contributed by atoms with E-state index in [1.807, 2.05) is 24.3 Å². The van der Waals surface area contributed by atoms with Crippen molar-refractivity contribution in [1.82, 2.24) is 5.32 Å². The van der Waals surface area contributed by atoms with Gasteiger partial charge in [0.1, 0.15) is 5.60 Å². The molecule has 0 aliphatic rings. The molecule has 29 heavy (non-hydrogen) atoms. The third-order valence-corrected chi connectivity index (χ3v) is 4.18. The van der Waals surface area contributed by atoms with Crippen LogP contribution in [-0.2, 0) is 20.7 Å². The molecule has 0 saturated carbocycles. The highest BCUT2D eigenvalue weighted by Crippen LogP contribution is 2.18. The molecule has 6 nitrogen and oxygen atoms in total. The summed E-state index contributed by atoms with van der Waals surface area (Å²) in [5, 5.41) is 12.4. The van der Waals surface area contributed by atoms with E-state index < -0.39 is 29.6 Å². The molecule has 0 radical (unpaired) electrons. The molecular formula is C23H33NO5. The minimum atomic E-state index is -0.727. The maximum Gasteiger partial charge on any atom is 0.407 e. The average molecular weight is 404 g/mol. The van der Waals surface area contributed by atoms with Gasteiger partial charge in [-0.1, -0.05) is 43.5 Å². The van der Waals surface area contributed by atoms with Gasteiger partial charge in [0.15, 0.2) is 0 Å². The van der Waals surface area contributed by atoms with E-state index in [1.165, 1.54) is 0 Å². The molecule has 0 spiro atoms. The number of benzene rings is 1. The monoisotopic (exact) mass is 403 g/mol. The molecule has 0 fully saturated rings. The van der Waals surface area contributed by atoms with Crippen molar-refractivity contribution in [3.63, 3.8) is 0 Å². The third-order valence-electron chi connectivity index (χ3n) is 4.18. The SMILES string of the molecule is C=CC(=C)c1ccc(CC(CC(CO)C(=O)OCC)NC(=O)OC(C)(C)C)cc1. The zero-order chi connectivity index (χ0) is 22.0. The molecule has 1 rings (SSSR count). The maximum atomic E-state index is 12.3. The predicted molar refractivity (Wildman–Crippen MR) is 114 cm³/mol. The van der Waals surface area contributed by atoms with Gasteiger partial charge >= 0.3 is 12.1 Å². The zero-order valence-corrected chi connectivity index (χ0v) is 17.9. The number of amides is 1. The number of ether oxygens (including phenoxy) is 2. The molecule has 1 aromatic rings. The molecule has 6 heteroatoms. The predicted octanol–water partition coefficient (Wildman–Crippen LogP) is 3.88. The number of carbonyl (C=O) groups excluding carboxylic acids is 2. The molecule has 0 aromatic heterocycles. The number of esters is 1. The van der Waals surface area contributed by atoms with Crippen LogP contribution in [0.1, 0.15) is 45.2 Å². The molecule has 0 heterocycles. The van der Waals surface area contributed by atoms with Crippen molar-refractivity contribution in [2.24, 2.45) is 5.92 Å². The lowest BCUT2D eigenvalue weighted by Gasteiger charge is -2.25. The number of aliphatic hydroxyl groups is 1. The quantitative estimate of drug-likeness (QED) is 0.457. The van der Waals surface area contributed by atoms with Crippen LogP contribution in [0.3, 0.4) is 0 Å². The lowest BCUT2D eigenvalue weighted by molar-refractivity contribution is -0.149. The van der Waals surface area contributed by atoms with Gasteiger partial charge in [-0.3, -0.25) is 4.79 Å². The Morgan fingerprint density at radius 2 is 1.86 bits per heavy atom. The summed E-state index contributed by atoms with van der Waals surface area (Å²) < 4.78 is 10.4. The highest BCUT2D eigenvalue weighted by molar-refractivity contribution is 5.73. The van der Waals surface area contributed by atoms with Gasteiger partial charge in [-0.05, 0) is 57.2 Å². The van der Waals surface area contributed by atoms with Gasteiger partial charge in [-0.25, -0.2) is 4.79 Å². The fourth-order valence-corrected chi connectivity index (χ4v) is 2.77. The molecule has 1 amide bonds. The number of rotatable bonds is 10. The number of carbonyl (C=O) groups is 2. The fraction of sp³-hybridized carbons (Fsp3) is 0.478. The number of nitrogens with one attached hydrogen (secondary N) is 1. The molecule has 0 bridgehead atoms. The van der Waals surface area contributed by atoms with E-state index in [9.17, 15) is 14.7 Å². The standard InChI is InChI=1S/C23H33NO5/c1-7-16(3)18-11-9-17(10-12-18)13-20(24-22(27)29-23(4,5)6)14-19(15-25)21(26)28-8-2/h7,9-12,19-20,25H,1,3,8,13-15H2,2,4-6H3,(H,24,27). The Bertz CT molecular complexity index is 703. The van der Waals surface area contributed by atoms with Crippen LogP contribution in [0.5, 0.6) is 0 Å². The molecule has 0 saturated heterocycles. The van der Waals surface area contributed by atoms with E-state index in [0.29, 0.717) is 6.42 Å². The Hall–Kier alpha value is -2.60. The molecule has 0 aliphatic carbocycles. The largest absolute Gasteiger partial charge is 0.466 e. The lowest BCUT2D eigenvalue weighted by Crippen LogP contribution is -2.42. The summed E-state index contributed by atoms with van der Waals surface area (Å²) in [6.07, 6.45) is 1.82. The Balaban J connectivity index is 2.96. The van der Waals surface area contributed by atoms with Gasteiger partial charge < -0.3 is 19.9 Å². The van der Waals surface area contributed by atoms with E-state index in [-0.39, 0.29) is 19.6 Å². The van der Waals surface area contributed by atoms with Crippen LogP contribution < -0.4 is 5.32 Å². The van der Waals surface area contributed by atoms with Crippen molar-refractivity contribution in [1.29, 1.82) is 0 Å². The minimum Gasteiger partial charge on any atom is -0.466 e. The zero-order valence-electron chi connectivity index (χ0n) is 17.9. The summed E-state index contributed by atoms with van der Waals surface area (Å²) in [5.41, 5.74) is 2.11. The van der Waals surface area contributed by atoms with Gasteiger partial charge in [0, 0.05) is 6.04 Å². The normalized spacial score (nSPS) is 13.1. The Labute approximate surface area is 173 Å². The first-order valence-electron chi connectivity index (χ1n) is 9.77. The summed E-state index contributed by atoms with van der Waals surface area (Å²) in [5.74, 6) is -1.21. The van der Waals surface area contributed by atoms with Gasteiger partial charge in [-0.15, -0.1) is 0 Å². The summed E-state index contributed by atoms with van der Waals surface area (Å²) in [4.78, 5) is 24.4. The highest BCUT2D eigenvalue weighted by Gasteiger charge is 2.26. The number of alkyl carbamates (subject to hydrolysis) is 1. The molecule has 2 unspecified atom stereocenters. The van der Waals surface area contributed by atoms with Gasteiger partial charge in [0.25, 0.3) is 0 Å². The van der Waals surface area contributed by atoms with Crippen molar-refractivity contribution >= 4 is 17.6 Å². The summed E-state index contributed by atoms with van der Waals surface area (Å²) in [7, 11) is 0. The Morgan fingerprint density at radius 1 is 1.24 bits per heavy atom. The molecule has 160 valence electrons. The maximum absolute atomic E-state index is 12.3. The van der Waals surface area contributed by atoms with Crippen LogP contribution in [0.15, 0.2) is 43.5 Å². The first-order valence-corrected chi connectivity index (χ1v) is 9.77. The number of aliphatic hydroxyl groups excluding tert-OH is 1. The second kappa shape index (κ2) is 11.4. The van der Waals surface area contributed by atoms with E-state index in [2.05, 4.69) is 18.5 Å². The molecule has 1 aromatic carbocycles. The molecule has 2 atom stereocenters. The van der Waals surface area contributed by atoms with Crippen molar-refractivity contribution in [2.75, 3.05) is 13.2 Å². The van der Waals surface area contributed by atoms with Crippen molar-refractivity contribution in [2.45, 2.75) is 52.2 Å². The van der Waals surface area contributed by atoms with E-state index in [1.54, 1.807) is 33.8 Å². The second-order valence-corrected chi connectivity index (χ2v) is 7.84. The first-order chi connectivity index (χ1) is 13.6. The minimum absolute atomic E-state index is 0.230. The van der Waals surface area contributed by atoms with Crippen LogP contribution in [0.4, 0.5) is 4.79 Å². The smallest absolute Gasteiger partial charge is 0.407 e. The summed E-state index contributed by atoms with van der Waals surface area (Å²) >= 11 is 0. The second-order valence-electron chi connectivity index (χ2n) is 7.84. The van der Waals surface area contributed by atoms with Crippen LogP contribution in [-0.4, -0.2) is 42.0 Å². The summed E-state index contributed by atoms with van der Waals surface area (Å²) in [6.45, 7) is 14.6. The highest BCUT2D eigenvalue weighted by atomic mass is 16.6. The van der Waals surface area contributed by atoms with Crippen molar-refractivity contribution < 1.29 is 24.2 Å². The van der Waals surface area contributed by atoms with Crippen LogP contribution in [0.2, 0.25) is 0 Å². The summed E-state index contributed by atoms with van der Waals surface area (Å²) in [6, 6.07) is 7.32. The number of allylic oxidation sites excluding steroid dienone is 2. The van der Waals surface area contributed by atoms with Crippen molar-refractivity contribution in [3.8, 4) is 0 Å². The molecular weight excluding hydrogens is 370 g/mol. The van der Waals surface area contributed by atoms with E-state index in [0.717, 1.165) is 16.7 Å². The Morgan fingerprint density at radius 3 is 2.34 bits per heavy atom. The van der Waals surface area contributed by atoms with Gasteiger partial charge in [0.2, 0.25) is 0 Å². The average Bonchev–Trinajstić information content (AvgIpc) is 2.64. The number of hydrogen-bond donors (Lipinski definition) is 2. The fourth-order valence-electron chi connectivity index (χ4n) is 2.77. The topological polar surface area (TPSA) is 84.9 Å². The van der Waals surface area contributed by atoms with Crippen LogP contribution in [0, 0.1) is 5.92 Å². The third kappa shape index (κ3) is 8.96. The van der Waals surface area contributed by atoms with Gasteiger partial charge in [-0.2, -0.15) is 0 Å². The first kappa shape index (κ1) is 24.4. The number of hydrogen-bond acceptors (Lipinski definition) is 5. The van der Waals surface area contributed by atoms with Crippen LogP contribution in [0.25, 0.3) is 5.57 Å².